The van der Waals surface area contributed by atoms with Crippen LogP contribution in [0, 0.1) is 5.41 Å². The third-order valence-electron chi connectivity index (χ3n) is 2.18. The van der Waals surface area contributed by atoms with E-state index in [0.29, 0.717) is 6.42 Å². The van der Waals surface area contributed by atoms with Crippen LogP contribution in [0.4, 0.5) is 0 Å². The number of carbonyl (C=O) groups excluding carboxylic acids is 1. The fraction of sp³-hybridized carbons (Fsp3) is 0.556. The Morgan fingerprint density at radius 1 is 1.79 bits per heavy atom. The van der Waals surface area contributed by atoms with Gasteiger partial charge in [-0.05, 0) is 6.92 Å². The second-order valence-corrected chi connectivity index (χ2v) is 4.37. The molecule has 78 valence electrons. The molecule has 1 atom stereocenters. The molecule has 0 radical (unpaired) electrons. The first kappa shape index (κ1) is 11.1. The zero-order chi connectivity index (χ0) is 10.6. The topological polar surface area (TPSA) is 65.2 Å². The van der Waals surface area contributed by atoms with Crippen molar-refractivity contribution in [2.45, 2.75) is 13.3 Å². The molecule has 1 heterocycles. The first-order chi connectivity index (χ1) is 6.62. The SMILES string of the molecule is COC(=O)C(C)(CN)Cc1cncs1. The predicted molar refractivity (Wildman–Crippen MR) is 55.0 cm³/mol. The molecule has 4 nitrogen and oxygen atoms in total. The quantitative estimate of drug-likeness (QED) is 0.754. The van der Waals surface area contributed by atoms with Gasteiger partial charge < -0.3 is 10.5 Å². The molecule has 1 rings (SSSR count). The highest BCUT2D eigenvalue weighted by molar-refractivity contribution is 7.09. The highest BCUT2D eigenvalue weighted by Crippen LogP contribution is 2.24. The van der Waals surface area contributed by atoms with Crippen molar-refractivity contribution in [1.82, 2.24) is 4.98 Å². The Balaban J connectivity index is 2.76. The van der Waals surface area contributed by atoms with Crippen molar-refractivity contribution in [1.29, 1.82) is 0 Å². The summed E-state index contributed by atoms with van der Waals surface area (Å²) in [5, 5.41) is 0. The molecule has 5 heteroatoms. The maximum Gasteiger partial charge on any atom is 0.313 e. The summed E-state index contributed by atoms with van der Waals surface area (Å²) >= 11 is 1.52. The van der Waals surface area contributed by atoms with Crippen molar-refractivity contribution in [3.05, 3.63) is 16.6 Å². The van der Waals surface area contributed by atoms with Crippen LogP contribution in [-0.2, 0) is 16.0 Å². The van der Waals surface area contributed by atoms with Crippen LogP contribution in [0.15, 0.2) is 11.7 Å². The number of ether oxygens (including phenoxy) is 1. The Labute approximate surface area is 87.1 Å². The normalized spacial score (nSPS) is 14.8. The Morgan fingerprint density at radius 3 is 2.93 bits per heavy atom. The number of thiazole rings is 1. The number of hydrogen-bond acceptors (Lipinski definition) is 5. The van der Waals surface area contributed by atoms with Crippen LogP contribution in [0.1, 0.15) is 11.8 Å². The highest BCUT2D eigenvalue weighted by atomic mass is 32.1. The fourth-order valence-electron chi connectivity index (χ4n) is 1.19. The van der Waals surface area contributed by atoms with Gasteiger partial charge in [-0.25, -0.2) is 0 Å². The second kappa shape index (κ2) is 4.52. The van der Waals surface area contributed by atoms with Gasteiger partial charge in [0.15, 0.2) is 0 Å². The number of carbonyl (C=O) groups is 1. The van der Waals surface area contributed by atoms with Crippen LogP contribution in [0.5, 0.6) is 0 Å². The van der Waals surface area contributed by atoms with Crippen LogP contribution in [0.3, 0.4) is 0 Å². The van der Waals surface area contributed by atoms with E-state index in [1.807, 2.05) is 0 Å². The third kappa shape index (κ3) is 2.30. The molecular weight excluding hydrogens is 200 g/mol. The van der Waals surface area contributed by atoms with E-state index < -0.39 is 5.41 Å². The molecule has 0 aliphatic heterocycles. The van der Waals surface area contributed by atoms with E-state index in [1.165, 1.54) is 18.4 Å². The molecule has 0 aliphatic carbocycles. The Bertz CT molecular complexity index is 300. The maximum atomic E-state index is 11.5. The van der Waals surface area contributed by atoms with E-state index in [1.54, 1.807) is 18.6 Å². The smallest absolute Gasteiger partial charge is 0.313 e. The second-order valence-electron chi connectivity index (χ2n) is 3.40. The van der Waals surface area contributed by atoms with Crippen molar-refractivity contribution >= 4 is 17.3 Å². The van der Waals surface area contributed by atoms with Crippen LogP contribution < -0.4 is 5.73 Å². The minimum Gasteiger partial charge on any atom is -0.469 e. The van der Waals surface area contributed by atoms with E-state index in [2.05, 4.69) is 4.98 Å². The highest BCUT2D eigenvalue weighted by Gasteiger charge is 2.33. The van der Waals surface area contributed by atoms with Gasteiger partial charge in [-0.15, -0.1) is 11.3 Å². The van der Waals surface area contributed by atoms with Crippen molar-refractivity contribution < 1.29 is 9.53 Å². The lowest BCUT2D eigenvalue weighted by Gasteiger charge is -2.23. The molecule has 0 bridgehead atoms. The average Bonchev–Trinajstić information content (AvgIpc) is 2.68. The minimum atomic E-state index is -0.638. The molecule has 0 spiro atoms. The zero-order valence-electron chi connectivity index (χ0n) is 8.32. The van der Waals surface area contributed by atoms with E-state index in [9.17, 15) is 4.79 Å². The average molecular weight is 214 g/mol. The summed E-state index contributed by atoms with van der Waals surface area (Å²) in [5.41, 5.74) is 6.69. The summed E-state index contributed by atoms with van der Waals surface area (Å²) in [6, 6.07) is 0. The number of methoxy groups -OCH3 is 1. The molecular formula is C9H14N2O2S. The molecule has 1 aromatic rings. The molecule has 0 saturated carbocycles. The van der Waals surface area contributed by atoms with Gasteiger partial charge in [0.2, 0.25) is 0 Å². The number of esters is 1. The number of aromatic nitrogens is 1. The lowest BCUT2D eigenvalue weighted by molar-refractivity contribution is -0.151. The minimum absolute atomic E-state index is 0.270. The largest absolute Gasteiger partial charge is 0.469 e. The summed E-state index contributed by atoms with van der Waals surface area (Å²) < 4.78 is 4.72. The molecule has 0 aliphatic rings. The van der Waals surface area contributed by atoms with Gasteiger partial charge in [0.05, 0.1) is 18.0 Å². The molecule has 0 amide bonds. The van der Waals surface area contributed by atoms with Crippen molar-refractivity contribution in [3.8, 4) is 0 Å². The predicted octanol–water partition coefficient (Wildman–Crippen LogP) is 0.824. The summed E-state index contributed by atoms with van der Waals surface area (Å²) in [7, 11) is 1.38. The Kier molecular flexibility index (Phi) is 3.60. The van der Waals surface area contributed by atoms with Gasteiger partial charge in [0, 0.05) is 24.0 Å². The lowest BCUT2D eigenvalue weighted by atomic mass is 9.86. The summed E-state index contributed by atoms with van der Waals surface area (Å²) in [5.74, 6) is -0.270. The number of rotatable bonds is 4. The first-order valence-corrected chi connectivity index (χ1v) is 5.16. The van der Waals surface area contributed by atoms with Gasteiger partial charge in [0.1, 0.15) is 0 Å². The Hall–Kier alpha value is -0.940. The molecule has 0 aromatic carbocycles. The van der Waals surface area contributed by atoms with Crippen molar-refractivity contribution in [2.75, 3.05) is 13.7 Å². The van der Waals surface area contributed by atoms with Gasteiger partial charge in [0.25, 0.3) is 0 Å². The molecule has 1 aromatic heterocycles. The number of hydrogen-bond donors (Lipinski definition) is 1. The molecule has 0 saturated heterocycles. The van der Waals surface area contributed by atoms with Gasteiger partial charge >= 0.3 is 5.97 Å². The molecule has 1 unspecified atom stereocenters. The van der Waals surface area contributed by atoms with Crippen LogP contribution in [0.2, 0.25) is 0 Å². The van der Waals surface area contributed by atoms with Crippen LogP contribution in [-0.4, -0.2) is 24.6 Å². The first-order valence-electron chi connectivity index (χ1n) is 4.28. The molecule has 0 fully saturated rings. The number of nitrogens with two attached hydrogens (primary N) is 1. The van der Waals surface area contributed by atoms with Crippen molar-refractivity contribution in [3.63, 3.8) is 0 Å². The summed E-state index contributed by atoms with van der Waals surface area (Å²) in [4.78, 5) is 16.5. The fourth-order valence-corrected chi connectivity index (χ4v) is 1.97. The summed E-state index contributed by atoms with van der Waals surface area (Å²) in [6.07, 6.45) is 2.34. The van der Waals surface area contributed by atoms with Crippen LogP contribution >= 0.6 is 11.3 Å². The standard InChI is InChI=1S/C9H14N2O2S/c1-9(5-10,8(12)13-2)3-7-4-11-6-14-7/h4,6H,3,5,10H2,1-2H3. The monoisotopic (exact) mass is 214 g/mol. The Morgan fingerprint density at radius 2 is 2.50 bits per heavy atom. The molecule has 14 heavy (non-hydrogen) atoms. The van der Waals surface area contributed by atoms with Gasteiger partial charge in [-0.1, -0.05) is 0 Å². The third-order valence-corrected chi connectivity index (χ3v) is 2.96. The van der Waals surface area contributed by atoms with E-state index in [4.69, 9.17) is 10.5 Å². The van der Waals surface area contributed by atoms with E-state index in [-0.39, 0.29) is 12.5 Å². The van der Waals surface area contributed by atoms with Crippen molar-refractivity contribution in [2.24, 2.45) is 11.1 Å². The van der Waals surface area contributed by atoms with E-state index >= 15 is 0 Å². The maximum absolute atomic E-state index is 11.5. The van der Waals surface area contributed by atoms with Gasteiger partial charge in [-0.2, -0.15) is 0 Å². The molecule has 2 N–H and O–H groups in total. The number of nitrogens with zero attached hydrogens (tertiary/aromatic N) is 1. The van der Waals surface area contributed by atoms with E-state index in [0.717, 1.165) is 4.88 Å². The van der Waals surface area contributed by atoms with Crippen LogP contribution in [0.25, 0.3) is 0 Å². The lowest BCUT2D eigenvalue weighted by Crippen LogP contribution is -2.38. The zero-order valence-corrected chi connectivity index (χ0v) is 9.13. The van der Waals surface area contributed by atoms with Gasteiger partial charge in [-0.3, -0.25) is 9.78 Å². The summed E-state index contributed by atoms with van der Waals surface area (Å²) in [6.45, 7) is 2.08.